The van der Waals surface area contributed by atoms with Crippen LogP contribution in [-0.2, 0) is 0 Å². The van der Waals surface area contributed by atoms with Gasteiger partial charge in [0.15, 0.2) is 0 Å². The van der Waals surface area contributed by atoms with Crippen molar-refractivity contribution in [2.45, 2.75) is 0 Å². The summed E-state index contributed by atoms with van der Waals surface area (Å²) in [6, 6.07) is 36.4. The van der Waals surface area contributed by atoms with E-state index in [1.165, 1.54) is 21.0 Å². The van der Waals surface area contributed by atoms with Crippen molar-refractivity contribution in [2.24, 2.45) is 0 Å². The molecule has 6 heteroatoms. The summed E-state index contributed by atoms with van der Waals surface area (Å²) >= 11 is 3.37. The van der Waals surface area contributed by atoms with Crippen molar-refractivity contribution in [1.29, 1.82) is 0 Å². The number of aromatic nitrogens is 4. The first kappa shape index (κ1) is 22.3. The van der Waals surface area contributed by atoms with Gasteiger partial charge in [-0.2, -0.15) is 0 Å². The molecule has 0 saturated heterocycles. The van der Waals surface area contributed by atoms with Crippen molar-refractivity contribution in [2.75, 3.05) is 0 Å². The minimum absolute atomic E-state index is 0.931. The third-order valence-corrected chi connectivity index (χ3v) is 8.96. The Morgan fingerprint density at radius 3 is 2.38 bits per heavy atom. The number of hydrogen-bond donors (Lipinski definition) is 0. The third kappa shape index (κ3) is 3.76. The van der Waals surface area contributed by atoms with Crippen LogP contribution in [0, 0.1) is 0 Å². The highest BCUT2D eigenvalue weighted by atomic mass is 32.1. The second kappa shape index (κ2) is 8.98. The monoisotopic (exact) mass is 536 g/mol. The third-order valence-electron chi connectivity index (χ3n) is 7.05. The van der Waals surface area contributed by atoms with Crippen LogP contribution in [0.5, 0.6) is 0 Å². The average Bonchev–Trinajstić information content (AvgIpc) is 3.75. The SMILES string of the molecule is c1cc(-c2cc(-c3nccs3)ccn2)cc(-n2c3ccccc3c3ccc(-c4nc5ccccc5s4)cc32)c1. The average molecular weight is 537 g/mol. The number of benzene rings is 4. The van der Waals surface area contributed by atoms with Crippen LogP contribution in [0.1, 0.15) is 0 Å². The lowest BCUT2D eigenvalue weighted by molar-refractivity contribution is 1.18. The smallest absolute Gasteiger partial charge is 0.124 e. The summed E-state index contributed by atoms with van der Waals surface area (Å²) in [6.45, 7) is 0. The van der Waals surface area contributed by atoms with E-state index in [-0.39, 0.29) is 0 Å². The number of thiazole rings is 2. The molecular formula is C33H20N4S2. The minimum Gasteiger partial charge on any atom is -0.309 e. The lowest BCUT2D eigenvalue weighted by Crippen LogP contribution is -1.95. The van der Waals surface area contributed by atoms with E-state index < -0.39 is 0 Å². The number of nitrogens with zero attached hydrogens (tertiary/aromatic N) is 4. The lowest BCUT2D eigenvalue weighted by atomic mass is 10.1. The molecule has 0 aliphatic carbocycles. The van der Waals surface area contributed by atoms with Gasteiger partial charge in [0.05, 0.1) is 26.9 Å². The Kier molecular flexibility index (Phi) is 5.14. The molecule has 0 saturated carbocycles. The zero-order valence-electron chi connectivity index (χ0n) is 20.7. The summed E-state index contributed by atoms with van der Waals surface area (Å²) in [5.41, 5.74) is 8.68. The van der Waals surface area contributed by atoms with Crippen molar-refractivity contribution in [1.82, 2.24) is 19.5 Å². The van der Waals surface area contributed by atoms with Crippen molar-refractivity contribution in [3.8, 4) is 38.1 Å². The Morgan fingerprint density at radius 2 is 1.46 bits per heavy atom. The van der Waals surface area contributed by atoms with Crippen LogP contribution < -0.4 is 0 Å². The molecule has 4 aromatic heterocycles. The van der Waals surface area contributed by atoms with Gasteiger partial charge in [0.1, 0.15) is 10.0 Å². The predicted molar refractivity (Wildman–Crippen MR) is 164 cm³/mol. The van der Waals surface area contributed by atoms with Gasteiger partial charge >= 0.3 is 0 Å². The molecule has 0 aliphatic rings. The highest BCUT2D eigenvalue weighted by molar-refractivity contribution is 7.21. The van der Waals surface area contributed by atoms with Gasteiger partial charge in [-0.3, -0.25) is 4.98 Å². The van der Waals surface area contributed by atoms with Crippen molar-refractivity contribution in [3.05, 3.63) is 121 Å². The van der Waals surface area contributed by atoms with Crippen LogP contribution >= 0.6 is 22.7 Å². The summed E-state index contributed by atoms with van der Waals surface area (Å²) in [7, 11) is 0. The normalized spacial score (nSPS) is 11.6. The van der Waals surface area contributed by atoms with Crippen LogP contribution in [0.15, 0.2) is 121 Å². The van der Waals surface area contributed by atoms with Gasteiger partial charge in [0.25, 0.3) is 0 Å². The van der Waals surface area contributed by atoms with Gasteiger partial charge in [0.2, 0.25) is 0 Å². The van der Waals surface area contributed by atoms with Crippen LogP contribution in [0.4, 0.5) is 0 Å². The summed E-state index contributed by atoms with van der Waals surface area (Å²) < 4.78 is 3.56. The van der Waals surface area contributed by atoms with Gasteiger partial charge in [0, 0.05) is 50.9 Å². The number of pyridine rings is 1. The Balaban J connectivity index is 1.31. The van der Waals surface area contributed by atoms with E-state index in [1.807, 2.05) is 29.9 Å². The first-order valence-electron chi connectivity index (χ1n) is 12.7. The van der Waals surface area contributed by atoms with E-state index >= 15 is 0 Å². The zero-order chi connectivity index (χ0) is 25.8. The molecule has 0 radical (unpaired) electrons. The summed E-state index contributed by atoms with van der Waals surface area (Å²) in [5, 5.41) is 6.50. The molecule has 39 heavy (non-hydrogen) atoms. The second-order valence-corrected chi connectivity index (χ2v) is 11.3. The highest BCUT2D eigenvalue weighted by Crippen LogP contribution is 2.37. The van der Waals surface area contributed by atoms with Gasteiger partial charge in [-0.1, -0.05) is 54.6 Å². The maximum absolute atomic E-state index is 4.93. The molecule has 4 heterocycles. The van der Waals surface area contributed by atoms with Crippen molar-refractivity contribution >= 4 is 54.7 Å². The Hall–Kier alpha value is -4.65. The first-order valence-corrected chi connectivity index (χ1v) is 14.4. The van der Waals surface area contributed by atoms with Gasteiger partial charge in [-0.15, -0.1) is 22.7 Å². The summed E-state index contributed by atoms with van der Waals surface area (Å²) in [5.74, 6) is 0. The van der Waals surface area contributed by atoms with Crippen LogP contribution in [0.25, 0.3) is 70.1 Å². The van der Waals surface area contributed by atoms with Crippen LogP contribution in [-0.4, -0.2) is 19.5 Å². The lowest BCUT2D eigenvalue weighted by Gasteiger charge is -2.11. The van der Waals surface area contributed by atoms with Crippen LogP contribution in [0.3, 0.4) is 0 Å². The molecule has 4 aromatic carbocycles. The Bertz CT molecular complexity index is 2100. The number of hydrogen-bond acceptors (Lipinski definition) is 5. The van der Waals surface area contributed by atoms with Crippen molar-refractivity contribution in [3.63, 3.8) is 0 Å². The molecule has 4 nitrogen and oxygen atoms in total. The van der Waals surface area contributed by atoms with E-state index in [0.29, 0.717) is 0 Å². The van der Waals surface area contributed by atoms with E-state index in [1.54, 1.807) is 22.7 Å². The molecule has 0 atom stereocenters. The molecule has 0 fully saturated rings. The largest absolute Gasteiger partial charge is 0.309 e. The number of rotatable bonds is 4. The molecular weight excluding hydrogens is 517 g/mol. The van der Waals surface area contributed by atoms with Gasteiger partial charge in [-0.25, -0.2) is 9.97 Å². The molecule has 0 spiro atoms. The topological polar surface area (TPSA) is 43.6 Å². The fraction of sp³-hybridized carbons (Fsp3) is 0. The molecule has 8 rings (SSSR count). The molecule has 0 unspecified atom stereocenters. The van der Waals surface area contributed by atoms with Crippen LogP contribution in [0.2, 0.25) is 0 Å². The van der Waals surface area contributed by atoms with Gasteiger partial charge in [-0.05, 0) is 48.5 Å². The number of fused-ring (bicyclic) bond motifs is 4. The number of para-hydroxylation sites is 2. The Labute approximate surface area is 232 Å². The predicted octanol–water partition coefficient (Wildman–Crippen LogP) is 9.25. The zero-order valence-corrected chi connectivity index (χ0v) is 22.3. The van der Waals surface area contributed by atoms with Crippen molar-refractivity contribution < 1.29 is 0 Å². The summed E-state index contributed by atoms with van der Waals surface area (Å²) in [4.78, 5) is 14.1. The fourth-order valence-electron chi connectivity index (χ4n) is 5.27. The maximum atomic E-state index is 4.93. The standard InChI is InChI=1S/C33H20N4S2/c1-3-10-29-25(8-1)26-13-12-22(33-36-27-9-2-4-11-31(27)39-33)20-30(26)37(29)24-7-5-6-21(18-24)28-19-23(14-15-34-28)32-35-16-17-38-32/h1-20H. The summed E-state index contributed by atoms with van der Waals surface area (Å²) in [6.07, 6.45) is 3.70. The molecule has 0 bridgehead atoms. The molecule has 8 aromatic rings. The fourth-order valence-corrected chi connectivity index (χ4v) is 6.87. The highest BCUT2D eigenvalue weighted by Gasteiger charge is 2.15. The second-order valence-electron chi connectivity index (χ2n) is 9.39. The van der Waals surface area contributed by atoms with Gasteiger partial charge < -0.3 is 4.57 Å². The van der Waals surface area contributed by atoms with E-state index in [0.717, 1.165) is 49.1 Å². The molecule has 0 amide bonds. The maximum Gasteiger partial charge on any atom is 0.124 e. The quantitative estimate of drug-likeness (QED) is 0.225. The molecule has 0 aliphatic heterocycles. The molecule has 0 N–H and O–H groups in total. The Morgan fingerprint density at radius 1 is 0.590 bits per heavy atom. The van der Waals surface area contributed by atoms with E-state index in [9.17, 15) is 0 Å². The minimum atomic E-state index is 0.931. The van der Waals surface area contributed by atoms with E-state index in [4.69, 9.17) is 9.97 Å². The van der Waals surface area contributed by atoms with E-state index in [2.05, 4.69) is 101 Å². The molecule has 184 valence electrons. The first-order chi connectivity index (χ1) is 19.3.